The highest BCUT2D eigenvalue weighted by Crippen LogP contribution is 2.43. The molecule has 3 fully saturated rings. The third-order valence-corrected chi connectivity index (χ3v) is 4.92. The molecule has 1 N–H and O–H groups in total. The molecular weight excluding hydrogens is 184 g/mol. The molecule has 2 heteroatoms. The summed E-state index contributed by atoms with van der Waals surface area (Å²) in [5.74, 6) is 0. The van der Waals surface area contributed by atoms with Gasteiger partial charge in [-0.05, 0) is 32.6 Å². The van der Waals surface area contributed by atoms with Gasteiger partial charge in [0, 0.05) is 30.7 Å². The average Bonchev–Trinajstić information content (AvgIpc) is 2.99. The van der Waals surface area contributed by atoms with Gasteiger partial charge in [0.15, 0.2) is 0 Å². The zero-order valence-corrected chi connectivity index (χ0v) is 10.0. The van der Waals surface area contributed by atoms with Gasteiger partial charge < -0.3 is 5.32 Å². The smallest absolute Gasteiger partial charge is 0.0309 e. The number of hydrogen-bond acceptors (Lipinski definition) is 2. The summed E-state index contributed by atoms with van der Waals surface area (Å²) in [6.07, 6.45) is 10.0. The molecule has 0 aromatic rings. The predicted molar refractivity (Wildman–Crippen MR) is 63.0 cm³/mol. The number of nitrogens with zero attached hydrogens (tertiary/aromatic N) is 1. The molecule has 0 aromatic heterocycles. The zero-order valence-electron chi connectivity index (χ0n) is 10.0. The largest absolute Gasteiger partial charge is 0.309 e. The van der Waals surface area contributed by atoms with E-state index in [9.17, 15) is 0 Å². The lowest BCUT2D eigenvalue weighted by molar-refractivity contribution is 0.0642. The lowest BCUT2D eigenvalue weighted by Gasteiger charge is -2.48. The Morgan fingerprint density at radius 2 is 1.73 bits per heavy atom. The molecule has 0 unspecified atom stereocenters. The van der Waals surface area contributed by atoms with Gasteiger partial charge in [0.25, 0.3) is 0 Å². The van der Waals surface area contributed by atoms with Crippen LogP contribution in [0.1, 0.15) is 51.9 Å². The first kappa shape index (κ1) is 10.1. The minimum atomic E-state index is 0.502. The van der Waals surface area contributed by atoms with Crippen LogP contribution in [0, 0.1) is 0 Å². The minimum Gasteiger partial charge on any atom is -0.309 e. The van der Waals surface area contributed by atoms with Crippen molar-refractivity contribution >= 4 is 0 Å². The van der Waals surface area contributed by atoms with Crippen molar-refractivity contribution in [1.82, 2.24) is 10.2 Å². The molecule has 1 saturated heterocycles. The summed E-state index contributed by atoms with van der Waals surface area (Å²) >= 11 is 0. The van der Waals surface area contributed by atoms with E-state index in [0.29, 0.717) is 11.1 Å². The number of nitrogens with one attached hydrogen (secondary N) is 1. The van der Waals surface area contributed by atoms with Gasteiger partial charge in [-0.1, -0.05) is 19.3 Å². The monoisotopic (exact) mass is 208 g/mol. The van der Waals surface area contributed by atoms with Crippen LogP contribution in [-0.2, 0) is 0 Å². The van der Waals surface area contributed by atoms with Crippen LogP contribution in [-0.4, -0.2) is 35.6 Å². The van der Waals surface area contributed by atoms with Crippen LogP contribution in [0.4, 0.5) is 0 Å². The fourth-order valence-corrected chi connectivity index (χ4v) is 3.48. The van der Waals surface area contributed by atoms with E-state index in [0.717, 1.165) is 0 Å². The number of rotatable bonds is 1. The SMILES string of the molecule is CC1(N2CCNC3(CCCCC3)C2)CC1. The summed E-state index contributed by atoms with van der Waals surface area (Å²) in [4.78, 5) is 2.77. The molecule has 0 atom stereocenters. The quantitative estimate of drug-likeness (QED) is 0.710. The van der Waals surface area contributed by atoms with Crippen molar-refractivity contribution in [3.63, 3.8) is 0 Å². The van der Waals surface area contributed by atoms with Gasteiger partial charge in [0.1, 0.15) is 0 Å². The van der Waals surface area contributed by atoms with Crippen molar-refractivity contribution < 1.29 is 0 Å². The molecule has 0 radical (unpaired) electrons. The van der Waals surface area contributed by atoms with Gasteiger partial charge in [0.05, 0.1) is 0 Å². The molecule has 0 aromatic carbocycles. The Balaban J connectivity index is 1.69. The summed E-state index contributed by atoms with van der Waals surface area (Å²) in [5, 5.41) is 3.82. The van der Waals surface area contributed by atoms with Crippen LogP contribution in [0.2, 0.25) is 0 Å². The fourth-order valence-electron chi connectivity index (χ4n) is 3.48. The zero-order chi connectivity index (χ0) is 10.4. The topological polar surface area (TPSA) is 15.3 Å². The van der Waals surface area contributed by atoms with Crippen molar-refractivity contribution in [3.05, 3.63) is 0 Å². The van der Waals surface area contributed by atoms with E-state index in [1.165, 1.54) is 64.6 Å². The maximum atomic E-state index is 3.82. The van der Waals surface area contributed by atoms with Crippen molar-refractivity contribution in [2.45, 2.75) is 62.9 Å². The molecule has 2 aliphatic carbocycles. The normalized spacial score (nSPS) is 34.2. The minimum absolute atomic E-state index is 0.502. The van der Waals surface area contributed by atoms with Crippen LogP contribution < -0.4 is 5.32 Å². The summed E-state index contributed by atoms with van der Waals surface area (Å²) in [6.45, 7) is 6.27. The van der Waals surface area contributed by atoms with Gasteiger partial charge in [-0.25, -0.2) is 0 Å². The first-order valence-corrected chi connectivity index (χ1v) is 6.73. The molecule has 3 rings (SSSR count). The summed E-state index contributed by atoms with van der Waals surface area (Å²) in [7, 11) is 0. The third kappa shape index (κ3) is 1.83. The highest BCUT2D eigenvalue weighted by atomic mass is 15.3. The molecule has 1 spiro atoms. The van der Waals surface area contributed by atoms with Crippen LogP contribution >= 0.6 is 0 Å². The van der Waals surface area contributed by atoms with E-state index < -0.39 is 0 Å². The lowest BCUT2D eigenvalue weighted by atomic mass is 9.80. The van der Waals surface area contributed by atoms with Gasteiger partial charge in [-0.2, -0.15) is 0 Å². The Bertz CT molecular complexity index is 233. The van der Waals surface area contributed by atoms with E-state index >= 15 is 0 Å². The maximum Gasteiger partial charge on any atom is 0.0309 e. The van der Waals surface area contributed by atoms with E-state index in [-0.39, 0.29) is 0 Å². The molecule has 2 nitrogen and oxygen atoms in total. The molecule has 0 bridgehead atoms. The summed E-state index contributed by atoms with van der Waals surface area (Å²) < 4.78 is 0. The molecular formula is C13H24N2. The first-order valence-electron chi connectivity index (χ1n) is 6.73. The predicted octanol–water partition coefficient (Wildman–Crippen LogP) is 2.15. The van der Waals surface area contributed by atoms with Gasteiger partial charge in [0.2, 0.25) is 0 Å². The molecule has 15 heavy (non-hydrogen) atoms. The Morgan fingerprint density at radius 1 is 1.00 bits per heavy atom. The Labute approximate surface area is 93.4 Å². The van der Waals surface area contributed by atoms with E-state index in [1.54, 1.807) is 0 Å². The van der Waals surface area contributed by atoms with E-state index in [1.807, 2.05) is 0 Å². The second kappa shape index (κ2) is 3.46. The molecule has 1 heterocycles. The van der Waals surface area contributed by atoms with Crippen LogP contribution in [0.5, 0.6) is 0 Å². The van der Waals surface area contributed by atoms with E-state index in [4.69, 9.17) is 0 Å². The summed E-state index contributed by atoms with van der Waals surface area (Å²) in [5.41, 5.74) is 1.09. The Hall–Kier alpha value is -0.0800. The standard InChI is InChI=1S/C13H24N2/c1-12(7-8-12)15-10-9-14-13(11-15)5-3-2-4-6-13/h14H,2-11H2,1H3. The van der Waals surface area contributed by atoms with E-state index in [2.05, 4.69) is 17.1 Å². The number of piperazine rings is 1. The second-order valence-corrected chi connectivity index (χ2v) is 6.19. The van der Waals surface area contributed by atoms with Crippen molar-refractivity contribution in [3.8, 4) is 0 Å². The molecule has 3 aliphatic rings. The van der Waals surface area contributed by atoms with Crippen molar-refractivity contribution in [1.29, 1.82) is 0 Å². The Morgan fingerprint density at radius 3 is 2.40 bits per heavy atom. The van der Waals surface area contributed by atoms with Crippen LogP contribution in [0.15, 0.2) is 0 Å². The molecule has 1 aliphatic heterocycles. The van der Waals surface area contributed by atoms with Crippen molar-refractivity contribution in [2.75, 3.05) is 19.6 Å². The highest BCUT2D eigenvalue weighted by molar-refractivity contribution is 5.06. The fraction of sp³-hybridized carbons (Fsp3) is 1.00. The van der Waals surface area contributed by atoms with Gasteiger partial charge in [-0.3, -0.25) is 4.90 Å². The third-order valence-electron chi connectivity index (χ3n) is 4.92. The number of hydrogen-bond donors (Lipinski definition) is 1. The molecule has 86 valence electrons. The highest BCUT2D eigenvalue weighted by Gasteiger charge is 2.47. The molecule has 0 amide bonds. The average molecular weight is 208 g/mol. The Kier molecular flexibility index (Phi) is 2.33. The maximum absolute atomic E-state index is 3.82. The lowest BCUT2D eigenvalue weighted by Crippen LogP contribution is -2.63. The van der Waals surface area contributed by atoms with Crippen LogP contribution in [0.25, 0.3) is 0 Å². The second-order valence-electron chi connectivity index (χ2n) is 6.19. The van der Waals surface area contributed by atoms with Crippen LogP contribution in [0.3, 0.4) is 0 Å². The van der Waals surface area contributed by atoms with Gasteiger partial charge in [-0.15, -0.1) is 0 Å². The molecule has 2 saturated carbocycles. The summed E-state index contributed by atoms with van der Waals surface area (Å²) in [6, 6.07) is 0. The first-order chi connectivity index (χ1) is 7.23. The van der Waals surface area contributed by atoms with Crippen molar-refractivity contribution in [2.24, 2.45) is 0 Å². The van der Waals surface area contributed by atoms with Gasteiger partial charge >= 0.3 is 0 Å².